The second-order valence-corrected chi connectivity index (χ2v) is 14.1. The zero-order chi connectivity index (χ0) is 32.4. The van der Waals surface area contributed by atoms with E-state index in [1.54, 1.807) is 0 Å². The maximum atomic E-state index is 6.36. The van der Waals surface area contributed by atoms with E-state index in [1.807, 2.05) is 0 Å². The molecule has 0 spiro atoms. The Morgan fingerprint density at radius 1 is 0.469 bits per heavy atom. The minimum absolute atomic E-state index is 0.107. The second kappa shape index (κ2) is 9.49. The van der Waals surface area contributed by atoms with Gasteiger partial charge in [-0.05, 0) is 103 Å². The van der Waals surface area contributed by atoms with Crippen molar-refractivity contribution in [2.24, 2.45) is 0 Å². The number of furan rings is 1. The van der Waals surface area contributed by atoms with Crippen LogP contribution in [0.4, 0.5) is 0 Å². The zero-order valence-corrected chi connectivity index (χ0v) is 27.3. The summed E-state index contributed by atoms with van der Waals surface area (Å²) < 4.78 is 8.79. The standard InChI is InChI=1S/C47H31NO/c1-47(2)38-21-17-29(26-36(38)45-39(47)22-25-43-46(45)35-14-8-9-15-42(35)49-43)30-18-23-40-37(27-30)44-34-19-16-28-10-6-7-13-32(28)33(34)20-24-41(44)48(40)31-11-4-3-5-12-31/h3-27H,1-2H3. The average molecular weight is 626 g/mol. The molecule has 11 rings (SSSR count). The van der Waals surface area contributed by atoms with Crippen LogP contribution in [0.2, 0.25) is 0 Å². The molecular formula is C47H31NO. The lowest BCUT2D eigenvalue weighted by atomic mass is 9.82. The van der Waals surface area contributed by atoms with Gasteiger partial charge >= 0.3 is 0 Å². The number of nitrogens with zero attached hydrogens (tertiary/aromatic N) is 1. The molecule has 0 N–H and O–H groups in total. The number of rotatable bonds is 2. The topological polar surface area (TPSA) is 18.1 Å². The van der Waals surface area contributed by atoms with Gasteiger partial charge in [0.15, 0.2) is 0 Å². The molecule has 0 saturated carbocycles. The third-order valence-corrected chi connectivity index (χ3v) is 11.2. The summed E-state index contributed by atoms with van der Waals surface area (Å²) >= 11 is 0. The number of aromatic nitrogens is 1. The summed E-state index contributed by atoms with van der Waals surface area (Å²) in [6, 6.07) is 55.7. The van der Waals surface area contributed by atoms with E-state index in [0.29, 0.717) is 0 Å². The predicted molar refractivity (Wildman–Crippen MR) is 206 cm³/mol. The molecule has 0 amide bonds. The van der Waals surface area contributed by atoms with Gasteiger partial charge in [0.1, 0.15) is 11.2 Å². The Morgan fingerprint density at radius 2 is 1.18 bits per heavy atom. The fraction of sp³-hybridized carbons (Fsp3) is 0.0638. The number of para-hydroxylation sites is 2. The fourth-order valence-corrected chi connectivity index (χ4v) is 8.88. The molecule has 0 radical (unpaired) electrons. The third-order valence-electron chi connectivity index (χ3n) is 11.2. The van der Waals surface area contributed by atoms with Crippen molar-refractivity contribution in [3.05, 3.63) is 163 Å². The lowest BCUT2D eigenvalue weighted by Gasteiger charge is -2.21. The maximum Gasteiger partial charge on any atom is 0.136 e. The lowest BCUT2D eigenvalue weighted by molar-refractivity contribution is 0.656. The van der Waals surface area contributed by atoms with Gasteiger partial charge in [-0.15, -0.1) is 0 Å². The fourth-order valence-electron chi connectivity index (χ4n) is 8.88. The van der Waals surface area contributed by atoms with Crippen molar-refractivity contribution >= 4 is 65.3 Å². The van der Waals surface area contributed by atoms with Crippen LogP contribution in [-0.2, 0) is 5.41 Å². The van der Waals surface area contributed by atoms with Crippen molar-refractivity contribution in [2.45, 2.75) is 19.3 Å². The van der Waals surface area contributed by atoms with E-state index in [2.05, 4.69) is 170 Å². The summed E-state index contributed by atoms with van der Waals surface area (Å²) in [7, 11) is 0. The van der Waals surface area contributed by atoms with Crippen LogP contribution in [0.15, 0.2) is 156 Å². The molecule has 2 nitrogen and oxygen atoms in total. The molecule has 0 atom stereocenters. The molecule has 2 heteroatoms. The van der Waals surface area contributed by atoms with Crippen molar-refractivity contribution in [1.29, 1.82) is 0 Å². The minimum Gasteiger partial charge on any atom is -0.456 e. The Balaban J connectivity index is 1.20. The molecule has 0 aliphatic heterocycles. The highest BCUT2D eigenvalue weighted by molar-refractivity contribution is 6.26. The third kappa shape index (κ3) is 3.55. The van der Waals surface area contributed by atoms with E-state index in [4.69, 9.17) is 4.42 Å². The number of hydrogen-bond donors (Lipinski definition) is 0. The van der Waals surface area contributed by atoms with E-state index < -0.39 is 0 Å². The SMILES string of the molecule is CC1(C)c2ccc(-c3ccc4c(c3)c3c5ccc6ccccc6c5ccc3n4-c3ccccc3)cc2-c2c1ccc1oc3ccccc3c21. The van der Waals surface area contributed by atoms with Crippen molar-refractivity contribution in [1.82, 2.24) is 4.57 Å². The molecule has 0 fully saturated rings. The molecule has 230 valence electrons. The maximum absolute atomic E-state index is 6.36. The first-order valence-corrected chi connectivity index (χ1v) is 17.1. The number of hydrogen-bond acceptors (Lipinski definition) is 1. The first kappa shape index (κ1) is 26.9. The van der Waals surface area contributed by atoms with Crippen LogP contribution in [0.3, 0.4) is 0 Å². The minimum atomic E-state index is -0.107. The smallest absolute Gasteiger partial charge is 0.136 e. The molecule has 1 aliphatic rings. The van der Waals surface area contributed by atoms with E-state index in [1.165, 1.54) is 93.2 Å². The highest BCUT2D eigenvalue weighted by Gasteiger charge is 2.37. The van der Waals surface area contributed by atoms with Crippen LogP contribution in [0.5, 0.6) is 0 Å². The average Bonchev–Trinajstić information content (AvgIpc) is 3.77. The Labute approximate surface area is 283 Å². The quantitative estimate of drug-likeness (QED) is 0.175. The van der Waals surface area contributed by atoms with Gasteiger partial charge in [0.25, 0.3) is 0 Å². The van der Waals surface area contributed by atoms with Gasteiger partial charge in [0, 0.05) is 32.6 Å². The van der Waals surface area contributed by atoms with Gasteiger partial charge in [0.05, 0.1) is 11.0 Å². The largest absolute Gasteiger partial charge is 0.456 e. The first-order chi connectivity index (χ1) is 24.1. The van der Waals surface area contributed by atoms with Crippen molar-refractivity contribution < 1.29 is 4.42 Å². The molecule has 10 aromatic rings. The molecule has 0 saturated heterocycles. The second-order valence-electron chi connectivity index (χ2n) is 14.1. The Kier molecular flexibility index (Phi) is 5.21. The lowest BCUT2D eigenvalue weighted by Crippen LogP contribution is -2.14. The Morgan fingerprint density at radius 3 is 2.08 bits per heavy atom. The van der Waals surface area contributed by atoms with Gasteiger partial charge in [-0.3, -0.25) is 0 Å². The summed E-state index contributed by atoms with van der Waals surface area (Å²) in [5.41, 5.74) is 13.2. The molecule has 2 aromatic heterocycles. The molecular weight excluding hydrogens is 595 g/mol. The van der Waals surface area contributed by atoms with Crippen LogP contribution in [-0.4, -0.2) is 4.57 Å². The monoisotopic (exact) mass is 625 g/mol. The summed E-state index contributed by atoms with van der Waals surface area (Å²) in [6.07, 6.45) is 0. The normalized spacial score (nSPS) is 13.7. The molecule has 0 unspecified atom stereocenters. The molecule has 8 aromatic carbocycles. The highest BCUT2D eigenvalue weighted by atomic mass is 16.3. The molecule has 2 heterocycles. The van der Waals surface area contributed by atoms with Crippen LogP contribution in [0.1, 0.15) is 25.0 Å². The van der Waals surface area contributed by atoms with Gasteiger partial charge in [0.2, 0.25) is 0 Å². The number of fused-ring (bicyclic) bond motifs is 14. The van der Waals surface area contributed by atoms with Crippen LogP contribution < -0.4 is 0 Å². The zero-order valence-electron chi connectivity index (χ0n) is 27.3. The first-order valence-electron chi connectivity index (χ1n) is 17.1. The predicted octanol–water partition coefficient (Wildman–Crippen LogP) is 13.0. The van der Waals surface area contributed by atoms with Crippen molar-refractivity contribution in [2.75, 3.05) is 0 Å². The molecule has 1 aliphatic carbocycles. The summed E-state index contributed by atoms with van der Waals surface area (Å²) in [4.78, 5) is 0. The van der Waals surface area contributed by atoms with Gasteiger partial charge in [-0.2, -0.15) is 0 Å². The van der Waals surface area contributed by atoms with E-state index >= 15 is 0 Å². The van der Waals surface area contributed by atoms with Gasteiger partial charge < -0.3 is 8.98 Å². The molecule has 0 bridgehead atoms. The molecule has 49 heavy (non-hydrogen) atoms. The van der Waals surface area contributed by atoms with Crippen molar-refractivity contribution in [3.8, 4) is 27.9 Å². The summed E-state index contributed by atoms with van der Waals surface area (Å²) in [6.45, 7) is 4.70. The van der Waals surface area contributed by atoms with Crippen molar-refractivity contribution in [3.63, 3.8) is 0 Å². The summed E-state index contributed by atoms with van der Waals surface area (Å²) in [5.74, 6) is 0. The number of benzene rings is 8. The van der Waals surface area contributed by atoms with Gasteiger partial charge in [-0.25, -0.2) is 0 Å². The Hall–Kier alpha value is -6.12. The summed E-state index contributed by atoms with van der Waals surface area (Å²) in [5, 5.41) is 10.1. The van der Waals surface area contributed by atoms with E-state index in [0.717, 1.165) is 11.2 Å². The van der Waals surface area contributed by atoms with Crippen LogP contribution in [0.25, 0.3) is 93.2 Å². The van der Waals surface area contributed by atoms with Crippen LogP contribution >= 0.6 is 0 Å². The van der Waals surface area contributed by atoms with E-state index in [-0.39, 0.29) is 5.41 Å². The Bertz CT molecular complexity index is 3010. The van der Waals surface area contributed by atoms with Gasteiger partial charge in [-0.1, -0.05) is 117 Å². The highest BCUT2D eigenvalue weighted by Crippen LogP contribution is 2.54. The van der Waals surface area contributed by atoms with Crippen LogP contribution in [0, 0.1) is 0 Å². The van der Waals surface area contributed by atoms with E-state index in [9.17, 15) is 0 Å².